The number of hydrogen-bond donors (Lipinski definition) is 1. The van der Waals surface area contributed by atoms with Crippen LogP contribution in [0.3, 0.4) is 0 Å². The SMILES string of the molecule is CCCOCCCNC(=O)c1ccc(Cl)nc1. The molecule has 17 heavy (non-hydrogen) atoms. The summed E-state index contributed by atoms with van der Waals surface area (Å²) < 4.78 is 5.30. The number of nitrogens with one attached hydrogen (secondary N) is 1. The molecule has 1 N–H and O–H groups in total. The van der Waals surface area contributed by atoms with Gasteiger partial charge in [-0.2, -0.15) is 0 Å². The number of nitrogens with zero attached hydrogens (tertiary/aromatic N) is 1. The van der Waals surface area contributed by atoms with Gasteiger partial charge < -0.3 is 10.1 Å². The summed E-state index contributed by atoms with van der Waals surface area (Å²) in [6, 6.07) is 3.25. The van der Waals surface area contributed by atoms with Crippen molar-refractivity contribution in [2.24, 2.45) is 0 Å². The highest BCUT2D eigenvalue weighted by Crippen LogP contribution is 2.04. The van der Waals surface area contributed by atoms with Gasteiger partial charge in [-0.05, 0) is 25.0 Å². The minimum atomic E-state index is -0.135. The molecule has 0 aliphatic rings. The molecular weight excluding hydrogens is 240 g/mol. The van der Waals surface area contributed by atoms with Crippen molar-refractivity contribution in [1.82, 2.24) is 10.3 Å². The van der Waals surface area contributed by atoms with E-state index in [1.54, 1.807) is 12.1 Å². The second-order valence-corrected chi connectivity index (χ2v) is 3.98. The fourth-order valence-corrected chi connectivity index (χ4v) is 1.35. The topological polar surface area (TPSA) is 51.2 Å². The Kier molecular flexibility index (Phi) is 6.58. The first kappa shape index (κ1) is 13.9. The van der Waals surface area contributed by atoms with Gasteiger partial charge in [0, 0.05) is 26.0 Å². The number of ether oxygens (including phenoxy) is 1. The third kappa shape index (κ3) is 5.65. The summed E-state index contributed by atoms with van der Waals surface area (Å²) >= 11 is 5.63. The maximum Gasteiger partial charge on any atom is 0.252 e. The van der Waals surface area contributed by atoms with Crippen LogP contribution in [-0.4, -0.2) is 30.6 Å². The lowest BCUT2D eigenvalue weighted by Crippen LogP contribution is -2.25. The van der Waals surface area contributed by atoms with E-state index in [0.29, 0.717) is 23.9 Å². The Morgan fingerprint density at radius 3 is 2.94 bits per heavy atom. The summed E-state index contributed by atoms with van der Waals surface area (Å²) in [7, 11) is 0. The molecule has 0 aliphatic carbocycles. The second kappa shape index (κ2) is 8.03. The van der Waals surface area contributed by atoms with E-state index in [4.69, 9.17) is 16.3 Å². The third-order valence-corrected chi connectivity index (χ3v) is 2.31. The number of halogens is 1. The first-order valence-electron chi connectivity index (χ1n) is 5.71. The van der Waals surface area contributed by atoms with Gasteiger partial charge in [0.2, 0.25) is 0 Å². The maximum absolute atomic E-state index is 11.6. The van der Waals surface area contributed by atoms with Crippen LogP contribution in [0.15, 0.2) is 18.3 Å². The Morgan fingerprint density at radius 2 is 2.29 bits per heavy atom. The molecule has 0 aliphatic heterocycles. The average molecular weight is 257 g/mol. The van der Waals surface area contributed by atoms with Gasteiger partial charge in [0.15, 0.2) is 0 Å². The fourth-order valence-electron chi connectivity index (χ4n) is 1.23. The van der Waals surface area contributed by atoms with Gasteiger partial charge in [-0.15, -0.1) is 0 Å². The van der Waals surface area contributed by atoms with E-state index in [-0.39, 0.29) is 5.91 Å². The predicted molar refractivity (Wildman–Crippen MR) is 67.3 cm³/mol. The van der Waals surface area contributed by atoms with Crippen molar-refractivity contribution in [3.63, 3.8) is 0 Å². The lowest BCUT2D eigenvalue weighted by molar-refractivity contribution is 0.0941. The summed E-state index contributed by atoms with van der Waals surface area (Å²) in [6.45, 7) is 4.11. The highest BCUT2D eigenvalue weighted by Gasteiger charge is 2.04. The summed E-state index contributed by atoms with van der Waals surface area (Å²) in [5.41, 5.74) is 0.517. The molecule has 4 nitrogen and oxygen atoms in total. The van der Waals surface area contributed by atoms with Crippen LogP contribution in [0.25, 0.3) is 0 Å². The van der Waals surface area contributed by atoms with E-state index in [0.717, 1.165) is 19.4 Å². The highest BCUT2D eigenvalue weighted by molar-refractivity contribution is 6.29. The van der Waals surface area contributed by atoms with Crippen molar-refractivity contribution in [3.8, 4) is 0 Å². The minimum Gasteiger partial charge on any atom is -0.381 e. The average Bonchev–Trinajstić information content (AvgIpc) is 2.34. The Morgan fingerprint density at radius 1 is 1.47 bits per heavy atom. The fraction of sp³-hybridized carbons (Fsp3) is 0.500. The molecule has 0 fully saturated rings. The zero-order chi connectivity index (χ0) is 12.5. The molecule has 1 heterocycles. The van der Waals surface area contributed by atoms with Gasteiger partial charge in [0.05, 0.1) is 5.56 Å². The predicted octanol–water partition coefficient (Wildman–Crippen LogP) is 2.28. The van der Waals surface area contributed by atoms with Crippen molar-refractivity contribution < 1.29 is 9.53 Å². The minimum absolute atomic E-state index is 0.135. The number of pyridine rings is 1. The molecule has 5 heteroatoms. The molecule has 0 radical (unpaired) electrons. The molecule has 1 rings (SSSR count). The van der Waals surface area contributed by atoms with Crippen LogP contribution in [-0.2, 0) is 4.74 Å². The van der Waals surface area contributed by atoms with E-state index in [2.05, 4.69) is 17.2 Å². The quantitative estimate of drug-likeness (QED) is 0.602. The summed E-state index contributed by atoms with van der Waals surface area (Å²) in [5.74, 6) is -0.135. The van der Waals surface area contributed by atoms with Crippen LogP contribution in [0.1, 0.15) is 30.1 Å². The monoisotopic (exact) mass is 256 g/mol. The Labute approximate surface area is 106 Å². The molecule has 0 aromatic carbocycles. The third-order valence-electron chi connectivity index (χ3n) is 2.09. The normalized spacial score (nSPS) is 10.2. The van der Waals surface area contributed by atoms with E-state index < -0.39 is 0 Å². The lowest BCUT2D eigenvalue weighted by Gasteiger charge is -2.05. The van der Waals surface area contributed by atoms with Crippen LogP contribution in [0, 0.1) is 0 Å². The molecule has 1 amide bonds. The van der Waals surface area contributed by atoms with Crippen molar-refractivity contribution in [3.05, 3.63) is 29.0 Å². The first-order valence-corrected chi connectivity index (χ1v) is 6.09. The van der Waals surface area contributed by atoms with Gasteiger partial charge in [-0.1, -0.05) is 18.5 Å². The maximum atomic E-state index is 11.6. The van der Waals surface area contributed by atoms with E-state index >= 15 is 0 Å². The summed E-state index contributed by atoms with van der Waals surface area (Å²) in [6.07, 6.45) is 3.29. The molecule has 0 spiro atoms. The van der Waals surface area contributed by atoms with Crippen molar-refractivity contribution in [2.75, 3.05) is 19.8 Å². The second-order valence-electron chi connectivity index (χ2n) is 3.59. The van der Waals surface area contributed by atoms with E-state index in [1.165, 1.54) is 6.20 Å². The number of amides is 1. The zero-order valence-electron chi connectivity index (χ0n) is 9.91. The van der Waals surface area contributed by atoms with Crippen LogP contribution in [0.5, 0.6) is 0 Å². The van der Waals surface area contributed by atoms with Crippen LogP contribution in [0.4, 0.5) is 0 Å². The zero-order valence-corrected chi connectivity index (χ0v) is 10.7. The number of aromatic nitrogens is 1. The van der Waals surface area contributed by atoms with Gasteiger partial charge in [0.25, 0.3) is 5.91 Å². The van der Waals surface area contributed by atoms with Crippen molar-refractivity contribution in [2.45, 2.75) is 19.8 Å². The highest BCUT2D eigenvalue weighted by atomic mass is 35.5. The van der Waals surface area contributed by atoms with Gasteiger partial charge in [0.1, 0.15) is 5.15 Å². The molecule has 1 aromatic rings. The van der Waals surface area contributed by atoms with Gasteiger partial charge in [-0.25, -0.2) is 4.98 Å². The van der Waals surface area contributed by atoms with Crippen LogP contribution in [0.2, 0.25) is 5.15 Å². The number of carbonyl (C=O) groups is 1. The standard InChI is InChI=1S/C12H17ClN2O2/c1-2-7-17-8-3-6-14-12(16)10-4-5-11(13)15-9-10/h4-5,9H,2-3,6-8H2,1H3,(H,14,16). The molecule has 0 atom stereocenters. The molecule has 0 saturated heterocycles. The lowest BCUT2D eigenvalue weighted by atomic mass is 10.2. The van der Waals surface area contributed by atoms with E-state index in [9.17, 15) is 4.79 Å². The molecular formula is C12H17ClN2O2. The Hall–Kier alpha value is -1.13. The van der Waals surface area contributed by atoms with Gasteiger partial charge >= 0.3 is 0 Å². The Balaban J connectivity index is 2.19. The van der Waals surface area contributed by atoms with Crippen molar-refractivity contribution in [1.29, 1.82) is 0 Å². The smallest absolute Gasteiger partial charge is 0.252 e. The molecule has 94 valence electrons. The molecule has 0 unspecified atom stereocenters. The Bertz CT molecular complexity index is 341. The molecule has 1 aromatic heterocycles. The summed E-state index contributed by atoms with van der Waals surface area (Å²) in [4.78, 5) is 15.5. The van der Waals surface area contributed by atoms with Crippen LogP contribution < -0.4 is 5.32 Å². The number of rotatable bonds is 7. The number of hydrogen-bond acceptors (Lipinski definition) is 3. The van der Waals surface area contributed by atoms with Crippen LogP contribution >= 0.6 is 11.6 Å². The summed E-state index contributed by atoms with van der Waals surface area (Å²) in [5, 5.41) is 3.18. The first-order chi connectivity index (χ1) is 8.24. The molecule has 0 saturated carbocycles. The van der Waals surface area contributed by atoms with Crippen molar-refractivity contribution >= 4 is 17.5 Å². The largest absolute Gasteiger partial charge is 0.381 e. The molecule has 0 bridgehead atoms. The number of carbonyl (C=O) groups excluding carboxylic acids is 1. The van der Waals surface area contributed by atoms with E-state index in [1.807, 2.05) is 0 Å². The van der Waals surface area contributed by atoms with Gasteiger partial charge in [-0.3, -0.25) is 4.79 Å².